The molecule has 0 unspecified atom stereocenters. The molecule has 0 saturated carbocycles. The number of nitrogens with zero attached hydrogens (tertiary/aromatic N) is 1. The van der Waals surface area contributed by atoms with Crippen LogP contribution in [0.5, 0.6) is 0 Å². The van der Waals surface area contributed by atoms with Gasteiger partial charge in [-0.2, -0.15) is 5.10 Å². The first-order valence-corrected chi connectivity index (χ1v) is 4.35. The van der Waals surface area contributed by atoms with E-state index in [2.05, 4.69) is 24.0 Å². The smallest absolute Gasteiger partial charge is 0.0487 e. The van der Waals surface area contributed by atoms with Gasteiger partial charge in [-0.1, -0.05) is 39.5 Å². The Kier molecular flexibility index (Phi) is 8.55. The molecule has 0 aliphatic heterocycles. The Morgan fingerprint density at radius 1 is 1.18 bits per heavy atom. The highest BCUT2D eigenvalue weighted by Crippen LogP contribution is 1.95. The third-order valence-corrected chi connectivity index (χ3v) is 1.36. The molecule has 0 bridgehead atoms. The molecule has 2 heteroatoms. The van der Waals surface area contributed by atoms with Crippen LogP contribution in [-0.4, -0.2) is 10.2 Å². The minimum absolute atomic E-state index is 1.36. The summed E-state index contributed by atoms with van der Waals surface area (Å²) in [5.74, 6) is 0. The van der Waals surface area contributed by atoms with Gasteiger partial charge in [0.05, 0.1) is 0 Å². The number of H-pyrrole nitrogens is 1. The molecule has 1 heterocycles. The standard InChI is InChI=1S/C6H14.C3H4N2/c1-3-5-6-4-2;1-2-4-5-3-1/h3-6H2,1-2H3;1-3H,(H,4,5). The van der Waals surface area contributed by atoms with Gasteiger partial charge in [0.15, 0.2) is 0 Å². The fourth-order valence-electron chi connectivity index (χ4n) is 0.715. The van der Waals surface area contributed by atoms with Gasteiger partial charge in [0.1, 0.15) is 0 Å². The molecule has 2 nitrogen and oxygen atoms in total. The molecule has 0 aliphatic rings. The Morgan fingerprint density at radius 3 is 2.00 bits per heavy atom. The molecule has 64 valence electrons. The number of rotatable bonds is 3. The van der Waals surface area contributed by atoms with E-state index in [1.165, 1.54) is 25.7 Å². The summed E-state index contributed by atoms with van der Waals surface area (Å²) in [6, 6.07) is 1.83. The van der Waals surface area contributed by atoms with Gasteiger partial charge < -0.3 is 0 Å². The summed E-state index contributed by atoms with van der Waals surface area (Å²) >= 11 is 0. The lowest BCUT2D eigenvalue weighted by molar-refractivity contribution is 0.702. The summed E-state index contributed by atoms with van der Waals surface area (Å²) < 4.78 is 0. The number of aromatic nitrogens is 2. The van der Waals surface area contributed by atoms with E-state index in [0.29, 0.717) is 0 Å². The van der Waals surface area contributed by atoms with Gasteiger partial charge in [0.2, 0.25) is 0 Å². The molecule has 0 spiro atoms. The monoisotopic (exact) mass is 154 g/mol. The van der Waals surface area contributed by atoms with Crippen LogP contribution >= 0.6 is 0 Å². The van der Waals surface area contributed by atoms with Crippen molar-refractivity contribution in [1.29, 1.82) is 0 Å². The first kappa shape index (κ1) is 10.2. The SMILES string of the molecule is CCCCCC.c1cn[nH]c1. The molecular weight excluding hydrogens is 136 g/mol. The summed E-state index contributed by atoms with van der Waals surface area (Å²) in [7, 11) is 0. The van der Waals surface area contributed by atoms with Crippen LogP contribution in [-0.2, 0) is 0 Å². The maximum Gasteiger partial charge on any atom is 0.0487 e. The highest BCUT2D eigenvalue weighted by Gasteiger charge is 1.75. The third kappa shape index (κ3) is 9.21. The molecule has 1 aromatic heterocycles. The molecule has 0 aromatic carbocycles. The Hall–Kier alpha value is -0.790. The Balaban J connectivity index is 0.000000183. The zero-order valence-electron chi connectivity index (χ0n) is 7.51. The van der Waals surface area contributed by atoms with Gasteiger partial charge in [0, 0.05) is 12.4 Å². The minimum atomic E-state index is 1.36. The largest absolute Gasteiger partial charge is 0.286 e. The number of hydrogen-bond donors (Lipinski definition) is 1. The van der Waals surface area contributed by atoms with Crippen molar-refractivity contribution in [2.24, 2.45) is 0 Å². The van der Waals surface area contributed by atoms with E-state index in [1.54, 1.807) is 12.4 Å². The number of unbranched alkanes of at least 4 members (excludes halogenated alkanes) is 3. The van der Waals surface area contributed by atoms with Crippen molar-refractivity contribution in [1.82, 2.24) is 10.2 Å². The average Bonchev–Trinajstić information content (AvgIpc) is 2.57. The van der Waals surface area contributed by atoms with Crippen LogP contribution in [0.4, 0.5) is 0 Å². The second-order valence-electron chi connectivity index (χ2n) is 2.47. The molecule has 0 fully saturated rings. The second kappa shape index (κ2) is 9.21. The van der Waals surface area contributed by atoms with Crippen LogP contribution in [0.3, 0.4) is 0 Å². The van der Waals surface area contributed by atoms with Gasteiger partial charge in [0.25, 0.3) is 0 Å². The molecule has 0 radical (unpaired) electrons. The Labute approximate surface area is 69.0 Å². The molecule has 0 aliphatic carbocycles. The summed E-state index contributed by atoms with van der Waals surface area (Å²) in [5, 5.41) is 6.21. The van der Waals surface area contributed by atoms with Crippen molar-refractivity contribution in [3.8, 4) is 0 Å². The summed E-state index contributed by atoms with van der Waals surface area (Å²) in [6.07, 6.45) is 8.99. The lowest BCUT2D eigenvalue weighted by Gasteiger charge is -1.86. The van der Waals surface area contributed by atoms with Crippen molar-refractivity contribution in [2.45, 2.75) is 39.5 Å². The molecular formula is C9H18N2. The maximum atomic E-state index is 3.60. The van der Waals surface area contributed by atoms with Gasteiger partial charge in [-0.3, -0.25) is 5.10 Å². The molecule has 11 heavy (non-hydrogen) atoms. The van der Waals surface area contributed by atoms with Crippen LogP contribution in [0.25, 0.3) is 0 Å². The topological polar surface area (TPSA) is 28.7 Å². The zero-order chi connectivity index (χ0) is 8.36. The molecule has 1 N–H and O–H groups in total. The fraction of sp³-hybridized carbons (Fsp3) is 0.667. The summed E-state index contributed by atoms with van der Waals surface area (Å²) in [4.78, 5) is 0. The fourth-order valence-corrected chi connectivity index (χ4v) is 0.715. The van der Waals surface area contributed by atoms with Gasteiger partial charge in [-0.15, -0.1) is 0 Å². The van der Waals surface area contributed by atoms with Crippen LogP contribution in [0, 0.1) is 0 Å². The normalized spacial score (nSPS) is 8.55. The Bertz CT molecular complexity index is 103. The molecule has 1 rings (SSSR count). The third-order valence-electron chi connectivity index (χ3n) is 1.36. The van der Waals surface area contributed by atoms with Gasteiger partial charge >= 0.3 is 0 Å². The lowest BCUT2D eigenvalue weighted by Crippen LogP contribution is -1.66. The first-order chi connectivity index (χ1) is 5.41. The highest BCUT2D eigenvalue weighted by molar-refractivity contribution is 4.72. The summed E-state index contributed by atoms with van der Waals surface area (Å²) in [5.41, 5.74) is 0. The maximum absolute atomic E-state index is 3.60. The quantitative estimate of drug-likeness (QED) is 0.666. The van der Waals surface area contributed by atoms with Crippen LogP contribution < -0.4 is 0 Å². The number of nitrogens with one attached hydrogen (secondary N) is 1. The Morgan fingerprint density at radius 2 is 1.82 bits per heavy atom. The van der Waals surface area contributed by atoms with E-state index in [4.69, 9.17) is 0 Å². The van der Waals surface area contributed by atoms with Crippen molar-refractivity contribution < 1.29 is 0 Å². The summed E-state index contributed by atoms with van der Waals surface area (Å²) in [6.45, 7) is 4.46. The van der Waals surface area contributed by atoms with Crippen LogP contribution in [0.2, 0.25) is 0 Å². The van der Waals surface area contributed by atoms with Crippen molar-refractivity contribution in [3.63, 3.8) is 0 Å². The molecule has 0 amide bonds. The number of aromatic amines is 1. The average molecular weight is 154 g/mol. The highest BCUT2D eigenvalue weighted by atomic mass is 15.1. The van der Waals surface area contributed by atoms with Gasteiger partial charge in [-0.05, 0) is 6.07 Å². The first-order valence-electron chi connectivity index (χ1n) is 4.35. The van der Waals surface area contributed by atoms with E-state index >= 15 is 0 Å². The molecule has 0 saturated heterocycles. The molecule has 1 aromatic rings. The van der Waals surface area contributed by atoms with E-state index in [9.17, 15) is 0 Å². The predicted molar refractivity (Wildman–Crippen MR) is 48.4 cm³/mol. The van der Waals surface area contributed by atoms with Crippen molar-refractivity contribution in [3.05, 3.63) is 18.5 Å². The van der Waals surface area contributed by atoms with Gasteiger partial charge in [-0.25, -0.2) is 0 Å². The minimum Gasteiger partial charge on any atom is -0.286 e. The van der Waals surface area contributed by atoms with Crippen LogP contribution in [0.1, 0.15) is 39.5 Å². The second-order valence-corrected chi connectivity index (χ2v) is 2.47. The van der Waals surface area contributed by atoms with E-state index in [-0.39, 0.29) is 0 Å². The van der Waals surface area contributed by atoms with Crippen LogP contribution in [0.15, 0.2) is 18.5 Å². The van der Waals surface area contributed by atoms with Crippen molar-refractivity contribution in [2.75, 3.05) is 0 Å². The lowest BCUT2D eigenvalue weighted by atomic mass is 10.2. The van der Waals surface area contributed by atoms with E-state index in [1.807, 2.05) is 6.07 Å². The van der Waals surface area contributed by atoms with E-state index in [0.717, 1.165) is 0 Å². The number of hydrogen-bond acceptors (Lipinski definition) is 1. The van der Waals surface area contributed by atoms with Crippen molar-refractivity contribution >= 4 is 0 Å². The zero-order valence-corrected chi connectivity index (χ0v) is 7.51. The molecule has 0 atom stereocenters. The van der Waals surface area contributed by atoms with E-state index < -0.39 is 0 Å². The predicted octanol–water partition coefficient (Wildman–Crippen LogP) is 3.00.